The number of thioether (sulfide) groups is 1. The topological polar surface area (TPSA) is 55.2 Å². The number of hydrogen-bond donors (Lipinski definition) is 1. The molecule has 0 amide bonds. The number of rotatable bonds is 6. The van der Waals surface area contributed by atoms with Crippen LogP contribution in [-0.2, 0) is 5.75 Å². The quantitative estimate of drug-likeness (QED) is 0.612. The van der Waals surface area contributed by atoms with Gasteiger partial charge < -0.3 is 5.32 Å². The van der Waals surface area contributed by atoms with E-state index in [4.69, 9.17) is 0 Å². The molecule has 88 valence electrons. The van der Waals surface area contributed by atoms with Gasteiger partial charge in [0.15, 0.2) is 0 Å². The molecule has 16 heavy (non-hydrogen) atoms. The standard InChI is InChI=1S/C11H16N2O2S/c1-3-12-11-6-5-10(13(14)15)7-9(11)8-16-4-2/h5-7,12H,3-4,8H2,1-2H3. The van der Waals surface area contributed by atoms with Gasteiger partial charge in [-0.3, -0.25) is 10.1 Å². The highest BCUT2D eigenvalue weighted by Crippen LogP contribution is 2.25. The maximum absolute atomic E-state index is 10.7. The number of nitro groups is 1. The van der Waals surface area contributed by atoms with E-state index in [9.17, 15) is 10.1 Å². The summed E-state index contributed by atoms with van der Waals surface area (Å²) in [5.41, 5.74) is 2.16. The van der Waals surface area contributed by atoms with E-state index in [1.54, 1.807) is 23.9 Å². The number of hydrogen-bond acceptors (Lipinski definition) is 4. The van der Waals surface area contributed by atoms with Gasteiger partial charge in [-0.05, 0) is 24.3 Å². The zero-order valence-electron chi connectivity index (χ0n) is 9.53. The third-order valence-electron chi connectivity index (χ3n) is 2.13. The predicted octanol–water partition coefficient (Wildman–Crippen LogP) is 3.28. The Morgan fingerprint density at radius 3 is 2.75 bits per heavy atom. The van der Waals surface area contributed by atoms with E-state index in [2.05, 4.69) is 12.2 Å². The molecule has 5 heteroatoms. The number of nitrogens with one attached hydrogen (secondary N) is 1. The summed E-state index contributed by atoms with van der Waals surface area (Å²) < 4.78 is 0. The summed E-state index contributed by atoms with van der Waals surface area (Å²) in [6.07, 6.45) is 0. The van der Waals surface area contributed by atoms with Crippen molar-refractivity contribution in [3.05, 3.63) is 33.9 Å². The highest BCUT2D eigenvalue weighted by atomic mass is 32.2. The Hall–Kier alpha value is -1.23. The first-order valence-electron chi connectivity index (χ1n) is 5.28. The van der Waals surface area contributed by atoms with Crippen LogP contribution in [0.4, 0.5) is 11.4 Å². The highest BCUT2D eigenvalue weighted by molar-refractivity contribution is 7.98. The molecule has 0 radical (unpaired) electrons. The molecule has 0 heterocycles. The Bertz CT molecular complexity index is 369. The molecule has 4 nitrogen and oxygen atoms in total. The van der Waals surface area contributed by atoms with Crippen LogP contribution in [0.25, 0.3) is 0 Å². The third kappa shape index (κ3) is 3.41. The first-order valence-corrected chi connectivity index (χ1v) is 6.43. The second-order valence-corrected chi connectivity index (χ2v) is 4.54. The summed E-state index contributed by atoms with van der Waals surface area (Å²) in [5, 5.41) is 13.9. The van der Waals surface area contributed by atoms with Crippen molar-refractivity contribution in [1.29, 1.82) is 0 Å². The Balaban J connectivity index is 2.95. The molecular weight excluding hydrogens is 224 g/mol. The molecule has 1 aromatic rings. The van der Waals surface area contributed by atoms with Crippen LogP contribution in [0.15, 0.2) is 18.2 Å². The average molecular weight is 240 g/mol. The van der Waals surface area contributed by atoms with Gasteiger partial charge in [-0.1, -0.05) is 6.92 Å². The second kappa shape index (κ2) is 6.37. The molecule has 1 N–H and O–H groups in total. The normalized spacial score (nSPS) is 10.1. The minimum absolute atomic E-state index is 0.161. The average Bonchev–Trinajstić information content (AvgIpc) is 2.27. The van der Waals surface area contributed by atoms with Crippen LogP contribution in [0.2, 0.25) is 0 Å². The largest absolute Gasteiger partial charge is 0.385 e. The number of anilines is 1. The Morgan fingerprint density at radius 2 is 2.19 bits per heavy atom. The summed E-state index contributed by atoms with van der Waals surface area (Å²) in [6, 6.07) is 4.98. The van der Waals surface area contributed by atoms with Crippen molar-refractivity contribution in [1.82, 2.24) is 0 Å². The lowest BCUT2D eigenvalue weighted by molar-refractivity contribution is -0.384. The van der Waals surface area contributed by atoms with Crippen molar-refractivity contribution in [2.75, 3.05) is 17.6 Å². The van der Waals surface area contributed by atoms with Gasteiger partial charge in [-0.15, -0.1) is 0 Å². The molecule has 0 aliphatic rings. The van der Waals surface area contributed by atoms with Crippen molar-refractivity contribution < 1.29 is 4.92 Å². The van der Waals surface area contributed by atoms with Crippen LogP contribution >= 0.6 is 11.8 Å². The molecule has 0 aliphatic carbocycles. The van der Waals surface area contributed by atoms with Gasteiger partial charge in [0.2, 0.25) is 0 Å². The van der Waals surface area contributed by atoms with E-state index < -0.39 is 0 Å². The van der Waals surface area contributed by atoms with E-state index in [0.29, 0.717) is 0 Å². The Kier molecular flexibility index (Phi) is 5.11. The van der Waals surface area contributed by atoms with Crippen LogP contribution in [0.1, 0.15) is 19.4 Å². The van der Waals surface area contributed by atoms with Gasteiger partial charge in [-0.2, -0.15) is 11.8 Å². The zero-order valence-corrected chi connectivity index (χ0v) is 10.3. The van der Waals surface area contributed by atoms with E-state index in [1.165, 1.54) is 6.07 Å². The number of benzene rings is 1. The van der Waals surface area contributed by atoms with Crippen molar-refractivity contribution in [3.8, 4) is 0 Å². The maximum atomic E-state index is 10.7. The minimum atomic E-state index is -0.351. The number of nitrogens with zero attached hydrogens (tertiary/aromatic N) is 1. The molecule has 0 fully saturated rings. The first kappa shape index (κ1) is 12.8. The first-order chi connectivity index (χ1) is 7.69. The number of non-ortho nitro benzene ring substituents is 1. The second-order valence-electron chi connectivity index (χ2n) is 3.27. The smallest absolute Gasteiger partial charge is 0.269 e. The Labute approximate surface area is 99.6 Å². The maximum Gasteiger partial charge on any atom is 0.269 e. The molecule has 0 bridgehead atoms. The Morgan fingerprint density at radius 1 is 1.44 bits per heavy atom. The van der Waals surface area contributed by atoms with Crippen LogP contribution in [0.3, 0.4) is 0 Å². The molecule has 0 aliphatic heterocycles. The molecule has 1 aromatic carbocycles. The van der Waals surface area contributed by atoms with Crippen LogP contribution < -0.4 is 5.32 Å². The third-order valence-corrected chi connectivity index (χ3v) is 3.05. The molecule has 0 saturated heterocycles. The van der Waals surface area contributed by atoms with E-state index in [-0.39, 0.29) is 10.6 Å². The molecule has 1 rings (SSSR count). The molecule has 0 aromatic heterocycles. The van der Waals surface area contributed by atoms with E-state index in [0.717, 1.165) is 29.3 Å². The summed E-state index contributed by atoms with van der Waals surface area (Å²) in [4.78, 5) is 10.3. The van der Waals surface area contributed by atoms with Crippen molar-refractivity contribution >= 4 is 23.1 Å². The summed E-state index contributed by atoms with van der Waals surface area (Å²) in [6.45, 7) is 4.91. The fourth-order valence-electron chi connectivity index (χ4n) is 1.39. The van der Waals surface area contributed by atoms with Gasteiger partial charge in [0.25, 0.3) is 5.69 Å². The summed E-state index contributed by atoms with van der Waals surface area (Å²) in [7, 11) is 0. The summed E-state index contributed by atoms with van der Waals surface area (Å²) >= 11 is 1.76. The molecule has 0 unspecified atom stereocenters. The van der Waals surface area contributed by atoms with Gasteiger partial charge in [0.05, 0.1) is 4.92 Å². The van der Waals surface area contributed by atoms with E-state index >= 15 is 0 Å². The van der Waals surface area contributed by atoms with Crippen molar-refractivity contribution in [2.45, 2.75) is 19.6 Å². The van der Waals surface area contributed by atoms with Gasteiger partial charge in [0.1, 0.15) is 0 Å². The lowest BCUT2D eigenvalue weighted by Gasteiger charge is -2.09. The van der Waals surface area contributed by atoms with Gasteiger partial charge >= 0.3 is 0 Å². The van der Waals surface area contributed by atoms with Crippen molar-refractivity contribution in [2.24, 2.45) is 0 Å². The fourth-order valence-corrected chi connectivity index (χ4v) is 2.05. The fraction of sp³-hybridized carbons (Fsp3) is 0.455. The van der Waals surface area contributed by atoms with Gasteiger partial charge in [0, 0.05) is 30.1 Å². The van der Waals surface area contributed by atoms with E-state index in [1.807, 2.05) is 6.92 Å². The lowest BCUT2D eigenvalue weighted by atomic mass is 10.2. The summed E-state index contributed by atoms with van der Waals surface area (Å²) in [5.74, 6) is 1.81. The highest BCUT2D eigenvalue weighted by Gasteiger charge is 2.09. The van der Waals surface area contributed by atoms with Crippen molar-refractivity contribution in [3.63, 3.8) is 0 Å². The monoisotopic (exact) mass is 240 g/mol. The zero-order chi connectivity index (χ0) is 12.0. The number of nitro benzene ring substituents is 1. The minimum Gasteiger partial charge on any atom is -0.385 e. The molecular formula is C11H16N2O2S. The SMILES string of the molecule is CCNc1ccc([N+](=O)[O-])cc1CSCC. The lowest BCUT2D eigenvalue weighted by Crippen LogP contribution is -2.01. The van der Waals surface area contributed by atoms with Crippen LogP contribution in [0, 0.1) is 10.1 Å². The molecule has 0 spiro atoms. The van der Waals surface area contributed by atoms with Crippen LogP contribution in [-0.4, -0.2) is 17.2 Å². The predicted molar refractivity (Wildman–Crippen MR) is 69.1 cm³/mol. The molecule has 0 atom stereocenters. The molecule has 0 saturated carbocycles. The van der Waals surface area contributed by atoms with Gasteiger partial charge in [-0.25, -0.2) is 0 Å². The van der Waals surface area contributed by atoms with Crippen LogP contribution in [0.5, 0.6) is 0 Å².